The van der Waals surface area contributed by atoms with E-state index in [1.807, 2.05) is 18.2 Å². The normalized spacial score (nSPS) is 19.8. The van der Waals surface area contributed by atoms with Gasteiger partial charge < -0.3 is 5.32 Å². The highest BCUT2D eigenvalue weighted by atomic mass is 15.0. The zero-order chi connectivity index (χ0) is 12.5. The number of rotatable bonds is 1. The highest BCUT2D eigenvalue weighted by molar-refractivity contribution is 6.18. The molecule has 1 N–H and O–H groups in total. The Morgan fingerprint density at radius 2 is 2.11 bits per heavy atom. The summed E-state index contributed by atoms with van der Waals surface area (Å²) in [7, 11) is 0. The molecule has 0 fully saturated rings. The van der Waals surface area contributed by atoms with Crippen molar-refractivity contribution in [1.29, 1.82) is 0 Å². The molecule has 1 aliphatic carbocycles. The van der Waals surface area contributed by atoms with E-state index in [-0.39, 0.29) is 0 Å². The number of allylic oxidation sites excluding steroid dienone is 2. The van der Waals surface area contributed by atoms with Gasteiger partial charge in [0.15, 0.2) is 0 Å². The molecule has 0 saturated heterocycles. The van der Waals surface area contributed by atoms with Gasteiger partial charge in [0.1, 0.15) is 0 Å². The third-order valence-corrected chi connectivity index (χ3v) is 3.09. The predicted molar refractivity (Wildman–Crippen MR) is 77.0 cm³/mol. The standard InChI is InChI=1S/C15H17N3/c1-10(2)16-11-7-8-14-15(9-11)18-13-6-4-3-5-12(13)17-14/h3-6,8,10,17H,7,9H2,1-2H3. The Morgan fingerprint density at radius 1 is 1.28 bits per heavy atom. The molecule has 1 aliphatic heterocycles. The van der Waals surface area contributed by atoms with Crippen molar-refractivity contribution in [1.82, 2.24) is 0 Å². The second-order valence-electron chi connectivity index (χ2n) is 4.99. The fraction of sp³-hybridized carbons (Fsp3) is 0.333. The van der Waals surface area contributed by atoms with Crippen LogP contribution in [0, 0.1) is 0 Å². The fourth-order valence-electron chi connectivity index (χ4n) is 2.35. The van der Waals surface area contributed by atoms with Crippen LogP contribution in [-0.2, 0) is 0 Å². The van der Waals surface area contributed by atoms with E-state index < -0.39 is 0 Å². The molecule has 92 valence electrons. The minimum atomic E-state index is 0.361. The van der Waals surface area contributed by atoms with Crippen LogP contribution in [0.3, 0.4) is 0 Å². The van der Waals surface area contributed by atoms with E-state index in [0.717, 1.165) is 35.6 Å². The summed E-state index contributed by atoms with van der Waals surface area (Å²) in [5, 5.41) is 3.45. The number of hydrogen-bond acceptors (Lipinski definition) is 3. The van der Waals surface area contributed by atoms with Crippen LogP contribution in [0.5, 0.6) is 0 Å². The van der Waals surface area contributed by atoms with Crippen molar-refractivity contribution in [3.8, 4) is 0 Å². The number of aliphatic imine (C=N–C) groups is 2. The molecule has 3 rings (SSSR count). The average Bonchev–Trinajstić information content (AvgIpc) is 2.35. The topological polar surface area (TPSA) is 36.8 Å². The Bertz CT molecular complexity index is 565. The number of nitrogens with zero attached hydrogens (tertiary/aromatic N) is 2. The molecule has 0 bridgehead atoms. The van der Waals surface area contributed by atoms with Gasteiger partial charge in [-0.1, -0.05) is 18.2 Å². The Kier molecular flexibility index (Phi) is 2.74. The second-order valence-corrected chi connectivity index (χ2v) is 4.99. The number of hydrogen-bond donors (Lipinski definition) is 1. The van der Waals surface area contributed by atoms with E-state index >= 15 is 0 Å². The predicted octanol–water partition coefficient (Wildman–Crippen LogP) is 3.71. The van der Waals surface area contributed by atoms with Crippen LogP contribution in [0.1, 0.15) is 26.7 Å². The van der Waals surface area contributed by atoms with Crippen LogP contribution in [0.4, 0.5) is 11.4 Å². The van der Waals surface area contributed by atoms with Crippen LogP contribution < -0.4 is 5.32 Å². The zero-order valence-electron chi connectivity index (χ0n) is 10.8. The molecule has 0 aromatic heterocycles. The SMILES string of the molecule is CC(C)N=C1CC=C2Nc3ccccc3N=C2C1. The molecule has 2 aliphatic rings. The van der Waals surface area contributed by atoms with Crippen molar-refractivity contribution in [2.45, 2.75) is 32.7 Å². The van der Waals surface area contributed by atoms with Crippen LogP contribution in [0.15, 0.2) is 46.0 Å². The number of anilines is 1. The van der Waals surface area contributed by atoms with Crippen molar-refractivity contribution < 1.29 is 0 Å². The zero-order valence-corrected chi connectivity index (χ0v) is 10.8. The minimum Gasteiger partial charge on any atom is -0.353 e. The molecule has 0 radical (unpaired) electrons. The van der Waals surface area contributed by atoms with Crippen LogP contribution in [0.2, 0.25) is 0 Å². The highest BCUT2D eigenvalue weighted by Crippen LogP contribution is 2.33. The lowest BCUT2D eigenvalue weighted by Crippen LogP contribution is -2.23. The molecule has 1 aromatic rings. The van der Waals surface area contributed by atoms with Gasteiger partial charge in [0.05, 0.1) is 22.8 Å². The van der Waals surface area contributed by atoms with Gasteiger partial charge in [0.2, 0.25) is 0 Å². The molecule has 18 heavy (non-hydrogen) atoms. The van der Waals surface area contributed by atoms with Gasteiger partial charge in [-0.05, 0) is 26.0 Å². The summed E-state index contributed by atoms with van der Waals surface area (Å²) < 4.78 is 0. The van der Waals surface area contributed by atoms with Crippen LogP contribution >= 0.6 is 0 Å². The summed E-state index contributed by atoms with van der Waals surface area (Å²) in [4.78, 5) is 9.38. The Labute approximate surface area is 107 Å². The highest BCUT2D eigenvalue weighted by Gasteiger charge is 2.21. The molecular weight excluding hydrogens is 222 g/mol. The lowest BCUT2D eigenvalue weighted by atomic mass is 9.98. The Morgan fingerprint density at radius 3 is 2.94 bits per heavy atom. The molecule has 0 unspecified atom stereocenters. The van der Waals surface area contributed by atoms with E-state index in [0.29, 0.717) is 6.04 Å². The number of benzene rings is 1. The maximum absolute atomic E-state index is 4.73. The Balaban J connectivity index is 1.96. The fourth-order valence-corrected chi connectivity index (χ4v) is 2.35. The summed E-state index contributed by atoms with van der Waals surface area (Å²) in [6.45, 7) is 4.23. The van der Waals surface area contributed by atoms with Crippen molar-refractivity contribution in [2.75, 3.05) is 5.32 Å². The maximum Gasteiger partial charge on any atom is 0.0868 e. The molecule has 0 spiro atoms. The molecular formula is C15H17N3. The largest absolute Gasteiger partial charge is 0.353 e. The van der Waals surface area contributed by atoms with Crippen molar-refractivity contribution in [3.05, 3.63) is 36.0 Å². The number of nitrogens with one attached hydrogen (secondary N) is 1. The van der Waals surface area contributed by atoms with E-state index in [1.54, 1.807) is 0 Å². The molecule has 1 heterocycles. The van der Waals surface area contributed by atoms with Gasteiger partial charge in [-0.15, -0.1) is 0 Å². The molecule has 1 aromatic carbocycles. The lowest BCUT2D eigenvalue weighted by Gasteiger charge is -2.24. The van der Waals surface area contributed by atoms with Crippen molar-refractivity contribution in [2.24, 2.45) is 9.98 Å². The molecule has 3 heteroatoms. The van der Waals surface area contributed by atoms with Gasteiger partial charge >= 0.3 is 0 Å². The van der Waals surface area contributed by atoms with E-state index in [1.165, 1.54) is 5.71 Å². The van der Waals surface area contributed by atoms with Crippen molar-refractivity contribution in [3.63, 3.8) is 0 Å². The first-order valence-corrected chi connectivity index (χ1v) is 6.42. The monoisotopic (exact) mass is 239 g/mol. The van der Waals surface area contributed by atoms with Gasteiger partial charge in [0.25, 0.3) is 0 Å². The summed E-state index contributed by atoms with van der Waals surface area (Å²) in [6, 6.07) is 8.51. The molecule has 3 nitrogen and oxygen atoms in total. The summed E-state index contributed by atoms with van der Waals surface area (Å²) in [5.41, 5.74) is 5.61. The van der Waals surface area contributed by atoms with Gasteiger partial charge in [-0.2, -0.15) is 0 Å². The first-order valence-electron chi connectivity index (χ1n) is 6.42. The molecule has 0 atom stereocenters. The molecule has 0 saturated carbocycles. The summed E-state index contributed by atoms with van der Waals surface area (Å²) >= 11 is 0. The summed E-state index contributed by atoms with van der Waals surface area (Å²) in [5.74, 6) is 0. The Hall–Kier alpha value is -1.90. The first kappa shape index (κ1) is 11.2. The maximum atomic E-state index is 4.73. The lowest BCUT2D eigenvalue weighted by molar-refractivity contribution is 0.829. The molecule has 0 amide bonds. The van der Waals surface area contributed by atoms with E-state index in [2.05, 4.69) is 36.3 Å². The van der Waals surface area contributed by atoms with Gasteiger partial charge in [-0.25, -0.2) is 4.99 Å². The minimum absolute atomic E-state index is 0.361. The van der Waals surface area contributed by atoms with Crippen LogP contribution in [0.25, 0.3) is 0 Å². The summed E-state index contributed by atoms with van der Waals surface area (Å²) in [6.07, 6.45) is 3.99. The van der Waals surface area contributed by atoms with E-state index in [9.17, 15) is 0 Å². The number of para-hydroxylation sites is 2. The van der Waals surface area contributed by atoms with E-state index in [4.69, 9.17) is 4.99 Å². The number of fused-ring (bicyclic) bond motifs is 2. The van der Waals surface area contributed by atoms with Crippen LogP contribution in [-0.4, -0.2) is 17.5 Å². The quantitative estimate of drug-likeness (QED) is 0.796. The third kappa shape index (κ3) is 2.08. The van der Waals surface area contributed by atoms with Crippen molar-refractivity contribution >= 4 is 22.8 Å². The first-order chi connectivity index (χ1) is 8.72. The smallest absolute Gasteiger partial charge is 0.0868 e. The van der Waals surface area contributed by atoms with Gasteiger partial charge in [0, 0.05) is 24.6 Å². The van der Waals surface area contributed by atoms with Gasteiger partial charge in [-0.3, -0.25) is 4.99 Å². The third-order valence-electron chi connectivity index (χ3n) is 3.09. The average molecular weight is 239 g/mol. The second kappa shape index (κ2) is 4.41.